The molecular formula is C15H23N5. The first-order chi connectivity index (χ1) is 9.78. The highest BCUT2D eigenvalue weighted by atomic mass is 15.3. The van der Waals surface area contributed by atoms with Crippen LogP contribution in [0.3, 0.4) is 0 Å². The van der Waals surface area contributed by atoms with Crippen molar-refractivity contribution < 1.29 is 0 Å². The zero-order valence-corrected chi connectivity index (χ0v) is 12.1. The van der Waals surface area contributed by atoms with Crippen LogP contribution >= 0.6 is 0 Å². The second kappa shape index (κ2) is 5.91. The lowest BCUT2D eigenvalue weighted by Crippen LogP contribution is -2.47. The van der Waals surface area contributed by atoms with Gasteiger partial charge in [-0.05, 0) is 6.07 Å². The van der Waals surface area contributed by atoms with E-state index in [1.54, 1.807) is 0 Å². The minimum absolute atomic E-state index is 0.755. The lowest BCUT2D eigenvalue weighted by molar-refractivity contribution is 0.129. The fourth-order valence-corrected chi connectivity index (χ4v) is 2.97. The van der Waals surface area contributed by atoms with Gasteiger partial charge in [-0.3, -0.25) is 14.5 Å². The monoisotopic (exact) mass is 273 g/mol. The number of rotatable bonds is 4. The lowest BCUT2D eigenvalue weighted by Gasteiger charge is -2.34. The molecule has 20 heavy (non-hydrogen) atoms. The van der Waals surface area contributed by atoms with E-state index in [9.17, 15) is 0 Å². The Morgan fingerprint density at radius 3 is 2.55 bits per heavy atom. The average Bonchev–Trinajstić information content (AvgIpc) is 2.79. The van der Waals surface area contributed by atoms with Crippen molar-refractivity contribution in [1.82, 2.24) is 19.6 Å². The number of aryl methyl sites for hydroxylation is 1. The van der Waals surface area contributed by atoms with Gasteiger partial charge in [-0.2, -0.15) is 5.10 Å². The minimum Gasteiger partial charge on any atom is -0.329 e. The van der Waals surface area contributed by atoms with E-state index in [1.807, 2.05) is 11.7 Å². The molecule has 5 heteroatoms. The van der Waals surface area contributed by atoms with Gasteiger partial charge in [0.1, 0.15) is 0 Å². The Morgan fingerprint density at radius 1 is 1.10 bits per heavy atom. The molecule has 0 amide bonds. The zero-order valence-electron chi connectivity index (χ0n) is 12.1. The largest absolute Gasteiger partial charge is 0.329 e. The highest BCUT2D eigenvalue weighted by Crippen LogP contribution is 2.19. The Bertz CT molecular complexity index is 569. The van der Waals surface area contributed by atoms with E-state index in [2.05, 4.69) is 39.2 Å². The summed E-state index contributed by atoms with van der Waals surface area (Å²) in [7, 11) is 2.02. The molecule has 2 aromatic rings. The molecule has 0 radical (unpaired) electrons. The first-order valence-electron chi connectivity index (χ1n) is 7.33. The van der Waals surface area contributed by atoms with Crippen molar-refractivity contribution in [2.75, 3.05) is 39.3 Å². The molecule has 1 aromatic heterocycles. The van der Waals surface area contributed by atoms with Gasteiger partial charge in [-0.1, -0.05) is 18.2 Å². The summed E-state index contributed by atoms with van der Waals surface area (Å²) < 4.78 is 1.98. The first kappa shape index (κ1) is 13.5. The van der Waals surface area contributed by atoms with Gasteiger partial charge in [0.15, 0.2) is 0 Å². The molecule has 1 aliphatic heterocycles. The van der Waals surface area contributed by atoms with Crippen LogP contribution in [0.1, 0.15) is 5.69 Å². The highest BCUT2D eigenvalue weighted by Gasteiger charge is 2.18. The molecule has 0 bridgehead atoms. The molecule has 0 spiro atoms. The van der Waals surface area contributed by atoms with Crippen LogP contribution in [-0.4, -0.2) is 58.8 Å². The van der Waals surface area contributed by atoms with Gasteiger partial charge >= 0.3 is 0 Å². The third-order valence-electron chi connectivity index (χ3n) is 4.12. The number of para-hydroxylation sites is 1. The molecule has 2 N–H and O–H groups in total. The van der Waals surface area contributed by atoms with Crippen molar-refractivity contribution in [3.63, 3.8) is 0 Å². The standard InChI is InChI=1S/C15H23N5/c1-18-15-5-3-2-4-13(15)14(17-18)12-20-10-8-19(7-6-16)9-11-20/h2-5H,6-12,16H2,1H3. The summed E-state index contributed by atoms with van der Waals surface area (Å²) in [6.45, 7) is 7.14. The molecule has 5 nitrogen and oxygen atoms in total. The summed E-state index contributed by atoms with van der Waals surface area (Å²) in [5.41, 5.74) is 8.02. The number of fused-ring (bicyclic) bond motifs is 1. The molecule has 1 aromatic carbocycles. The van der Waals surface area contributed by atoms with Crippen molar-refractivity contribution in [2.24, 2.45) is 12.8 Å². The van der Waals surface area contributed by atoms with Gasteiger partial charge in [0, 0.05) is 58.2 Å². The topological polar surface area (TPSA) is 50.3 Å². The summed E-state index contributed by atoms with van der Waals surface area (Å²) in [5.74, 6) is 0. The fourth-order valence-electron chi connectivity index (χ4n) is 2.97. The number of hydrogen-bond donors (Lipinski definition) is 1. The fraction of sp³-hybridized carbons (Fsp3) is 0.533. The number of piperazine rings is 1. The van der Waals surface area contributed by atoms with E-state index < -0.39 is 0 Å². The molecule has 1 fully saturated rings. The number of nitrogens with two attached hydrogens (primary N) is 1. The molecule has 108 valence electrons. The number of nitrogens with zero attached hydrogens (tertiary/aromatic N) is 4. The average molecular weight is 273 g/mol. The van der Waals surface area contributed by atoms with E-state index >= 15 is 0 Å². The van der Waals surface area contributed by atoms with Crippen LogP contribution < -0.4 is 5.73 Å². The van der Waals surface area contributed by atoms with Crippen LogP contribution in [0.5, 0.6) is 0 Å². The molecule has 0 unspecified atom stereocenters. The lowest BCUT2D eigenvalue weighted by atomic mass is 10.2. The van der Waals surface area contributed by atoms with Crippen LogP contribution in [0.4, 0.5) is 0 Å². The third-order valence-corrected chi connectivity index (χ3v) is 4.12. The smallest absolute Gasteiger partial charge is 0.0843 e. The van der Waals surface area contributed by atoms with E-state index in [0.717, 1.165) is 45.8 Å². The number of benzene rings is 1. The van der Waals surface area contributed by atoms with E-state index in [4.69, 9.17) is 5.73 Å². The predicted molar refractivity (Wildman–Crippen MR) is 81.5 cm³/mol. The summed E-state index contributed by atoms with van der Waals surface area (Å²) in [5, 5.41) is 5.96. The number of hydrogen-bond acceptors (Lipinski definition) is 4. The van der Waals surface area contributed by atoms with Gasteiger partial charge in [-0.25, -0.2) is 0 Å². The van der Waals surface area contributed by atoms with E-state index in [0.29, 0.717) is 0 Å². The normalized spacial score (nSPS) is 17.9. The third kappa shape index (κ3) is 2.70. The maximum atomic E-state index is 5.61. The second-order valence-electron chi connectivity index (χ2n) is 5.49. The maximum absolute atomic E-state index is 5.61. The van der Waals surface area contributed by atoms with Crippen molar-refractivity contribution in [3.8, 4) is 0 Å². The Hall–Kier alpha value is -1.43. The van der Waals surface area contributed by atoms with Crippen LogP contribution in [0.15, 0.2) is 24.3 Å². The van der Waals surface area contributed by atoms with Crippen LogP contribution in [-0.2, 0) is 13.6 Å². The highest BCUT2D eigenvalue weighted by molar-refractivity contribution is 5.81. The summed E-state index contributed by atoms with van der Waals surface area (Å²) in [6.07, 6.45) is 0. The van der Waals surface area contributed by atoms with E-state index in [-0.39, 0.29) is 0 Å². The molecule has 1 saturated heterocycles. The van der Waals surface area contributed by atoms with Gasteiger partial charge in [-0.15, -0.1) is 0 Å². The van der Waals surface area contributed by atoms with Crippen molar-refractivity contribution in [2.45, 2.75) is 6.54 Å². The molecule has 1 aliphatic rings. The predicted octanol–water partition coefficient (Wildman–Crippen LogP) is 0.650. The summed E-state index contributed by atoms with van der Waals surface area (Å²) in [4.78, 5) is 4.93. The van der Waals surface area contributed by atoms with Crippen LogP contribution in [0.2, 0.25) is 0 Å². The minimum atomic E-state index is 0.755. The Balaban J connectivity index is 1.69. The Labute approximate surface area is 119 Å². The Kier molecular flexibility index (Phi) is 4.00. The van der Waals surface area contributed by atoms with Gasteiger partial charge in [0.25, 0.3) is 0 Å². The van der Waals surface area contributed by atoms with Gasteiger partial charge < -0.3 is 5.73 Å². The first-order valence-corrected chi connectivity index (χ1v) is 7.33. The quantitative estimate of drug-likeness (QED) is 0.888. The zero-order chi connectivity index (χ0) is 13.9. The molecule has 2 heterocycles. The SMILES string of the molecule is Cn1nc(CN2CCN(CCN)CC2)c2ccccc21. The maximum Gasteiger partial charge on any atom is 0.0843 e. The summed E-state index contributed by atoms with van der Waals surface area (Å²) >= 11 is 0. The summed E-state index contributed by atoms with van der Waals surface area (Å²) in [6, 6.07) is 8.46. The Morgan fingerprint density at radius 2 is 1.80 bits per heavy atom. The van der Waals surface area contributed by atoms with Gasteiger partial charge in [0.2, 0.25) is 0 Å². The number of aromatic nitrogens is 2. The van der Waals surface area contributed by atoms with Crippen molar-refractivity contribution >= 4 is 10.9 Å². The molecular weight excluding hydrogens is 250 g/mol. The second-order valence-corrected chi connectivity index (χ2v) is 5.49. The molecule has 3 rings (SSSR count). The van der Waals surface area contributed by atoms with Gasteiger partial charge in [0.05, 0.1) is 11.2 Å². The molecule has 0 atom stereocenters. The van der Waals surface area contributed by atoms with Crippen LogP contribution in [0.25, 0.3) is 10.9 Å². The van der Waals surface area contributed by atoms with Crippen LogP contribution in [0, 0.1) is 0 Å². The molecule has 0 aliphatic carbocycles. The van der Waals surface area contributed by atoms with Crippen molar-refractivity contribution in [1.29, 1.82) is 0 Å². The molecule has 0 saturated carbocycles. The van der Waals surface area contributed by atoms with Crippen molar-refractivity contribution in [3.05, 3.63) is 30.0 Å². The van der Waals surface area contributed by atoms with E-state index in [1.165, 1.54) is 16.6 Å².